The third kappa shape index (κ3) is 2.82. The molecule has 1 aliphatic heterocycles. The first-order valence-electron chi connectivity index (χ1n) is 7.07. The van der Waals surface area contributed by atoms with Crippen LogP contribution in [0.2, 0.25) is 0 Å². The molecule has 110 valence electrons. The maximum atomic E-state index is 12.0. The van der Waals surface area contributed by atoms with Gasteiger partial charge in [0.1, 0.15) is 0 Å². The zero-order valence-electron chi connectivity index (χ0n) is 11.9. The lowest BCUT2D eigenvalue weighted by Gasteiger charge is -2.11. The molecule has 0 spiro atoms. The highest BCUT2D eigenvalue weighted by molar-refractivity contribution is 6.20. The van der Waals surface area contributed by atoms with E-state index in [-0.39, 0.29) is 6.61 Å². The van der Waals surface area contributed by atoms with Crippen LogP contribution in [-0.4, -0.2) is 23.5 Å². The van der Waals surface area contributed by atoms with Gasteiger partial charge >= 0.3 is 0 Å². The second-order valence-electron chi connectivity index (χ2n) is 4.91. The molecule has 0 saturated carbocycles. The Balaban J connectivity index is 1.55. The molecular formula is C18H15NO3. The van der Waals surface area contributed by atoms with E-state index in [0.717, 1.165) is 11.5 Å². The second-order valence-corrected chi connectivity index (χ2v) is 4.91. The van der Waals surface area contributed by atoms with Gasteiger partial charge in [-0.3, -0.25) is 14.4 Å². The van der Waals surface area contributed by atoms with E-state index in [4.69, 9.17) is 4.84 Å². The first-order valence-corrected chi connectivity index (χ1v) is 7.07. The molecule has 3 rings (SSSR count). The number of hydrogen-bond donors (Lipinski definition) is 0. The van der Waals surface area contributed by atoms with Crippen molar-refractivity contribution in [2.45, 2.75) is 6.42 Å². The van der Waals surface area contributed by atoms with Crippen molar-refractivity contribution in [1.29, 1.82) is 0 Å². The molecule has 22 heavy (non-hydrogen) atoms. The van der Waals surface area contributed by atoms with Gasteiger partial charge in [0.15, 0.2) is 0 Å². The summed E-state index contributed by atoms with van der Waals surface area (Å²) in [6.07, 6.45) is 4.54. The van der Waals surface area contributed by atoms with Crippen molar-refractivity contribution in [2.24, 2.45) is 0 Å². The van der Waals surface area contributed by atoms with E-state index < -0.39 is 11.8 Å². The highest BCUT2D eigenvalue weighted by Crippen LogP contribution is 2.22. The molecule has 0 saturated heterocycles. The van der Waals surface area contributed by atoms with Crippen molar-refractivity contribution >= 4 is 11.8 Å². The van der Waals surface area contributed by atoms with Crippen LogP contribution in [0.25, 0.3) is 0 Å². The van der Waals surface area contributed by atoms with Gasteiger partial charge in [0.2, 0.25) is 0 Å². The Morgan fingerprint density at radius 1 is 0.818 bits per heavy atom. The van der Waals surface area contributed by atoms with Crippen molar-refractivity contribution in [2.75, 3.05) is 6.61 Å². The first kappa shape index (κ1) is 14.2. The van der Waals surface area contributed by atoms with Crippen LogP contribution in [0, 0.1) is 0 Å². The minimum Gasteiger partial charge on any atom is -0.266 e. The Morgan fingerprint density at radius 2 is 1.41 bits per heavy atom. The Bertz CT molecular complexity index is 687. The number of carbonyl (C=O) groups excluding carboxylic acids is 2. The number of nitrogens with zero attached hydrogens (tertiary/aromatic N) is 1. The van der Waals surface area contributed by atoms with Crippen LogP contribution in [0.1, 0.15) is 26.3 Å². The summed E-state index contributed by atoms with van der Waals surface area (Å²) >= 11 is 0. The molecule has 0 bridgehead atoms. The summed E-state index contributed by atoms with van der Waals surface area (Å²) < 4.78 is 0. The van der Waals surface area contributed by atoms with Crippen LogP contribution in [0.5, 0.6) is 0 Å². The maximum absolute atomic E-state index is 12.0. The molecule has 0 N–H and O–H groups in total. The van der Waals surface area contributed by atoms with Gasteiger partial charge in [-0.15, -0.1) is 5.06 Å². The first-order chi connectivity index (χ1) is 10.8. The van der Waals surface area contributed by atoms with Crippen molar-refractivity contribution in [1.82, 2.24) is 5.06 Å². The SMILES string of the molecule is O=C1c2ccccc2C(=O)N1OC/C=C/Cc1ccccc1. The number of allylic oxidation sites excluding steroid dienone is 1. The summed E-state index contributed by atoms with van der Waals surface area (Å²) in [5, 5.41) is 0.831. The van der Waals surface area contributed by atoms with E-state index >= 15 is 0 Å². The van der Waals surface area contributed by atoms with E-state index in [1.54, 1.807) is 30.3 Å². The number of rotatable bonds is 5. The number of carbonyl (C=O) groups is 2. The number of hydroxylamine groups is 2. The summed E-state index contributed by atoms with van der Waals surface area (Å²) in [6, 6.07) is 16.7. The Morgan fingerprint density at radius 3 is 2.05 bits per heavy atom. The zero-order valence-corrected chi connectivity index (χ0v) is 11.9. The molecule has 0 atom stereocenters. The van der Waals surface area contributed by atoms with Crippen LogP contribution in [0.3, 0.4) is 0 Å². The lowest BCUT2D eigenvalue weighted by molar-refractivity contribution is -0.0802. The monoisotopic (exact) mass is 293 g/mol. The average molecular weight is 293 g/mol. The predicted octanol–water partition coefficient (Wildman–Crippen LogP) is 3.01. The number of hydrogen-bond acceptors (Lipinski definition) is 3. The fraction of sp³-hybridized carbons (Fsp3) is 0.111. The van der Waals surface area contributed by atoms with Crippen molar-refractivity contribution in [3.05, 3.63) is 83.4 Å². The Kier molecular flexibility index (Phi) is 4.12. The molecule has 0 aliphatic carbocycles. The van der Waals surface area contributed by atoms with E-state index in [0.29, 0.717) is 11.1 Å². The largest absolute Gasteiger partial charge is 0.285 e. The fourth-order valence-corrected chi connectivity index (χ4v) is 2.30. The van der Waals surface area contributed by atoms with Gasteiger partial charge in [0, 0.05) is 0 Å². The smallest absolute Gasteiger partial charge is 0.266 e. The zero-order chi connectivity index (χ0) is 15.4. The molecule has 0 radical (unpaired) electrons. The molecule has 1 heterocycles. The Labute approximate surface area is 128 Å². The average Bonchev–Trinajstić information content (AvgIpc) is 2.81. The predicted molar refractivity (Wildman–Crippen MR) is 82.2 cm³/mol. The molecule has 4 nitrogen and oxygen atoms in total. The van der Waals surface area contributed by atoms with Gasteiger partial charge in [0.05, 0.1) is 17.7 Å². The topological polar surface area (TPSA) is 46.6 Å². The summed E-state index contributed by atoms with van der Waals surface area (Å²) in [6.45, 7) is 0.179. The highest BCUT2D eigenvalue weighted by atomic mass is 16.7. The number of amides is 2. The van der Waals surface area contributed by atoms with Crippen molar-refractivity contribution < 1.29 is 14.4 Å². The molecule has 2 amide bonds. The van der Waals surface area contributed by atoms with Crippen molar-refractivity contribution in [3.8, 4) is 0 Å². The summed E-state index contributed by atoms with van der Waals surface area (Å²) in [7, 11) is 0. The molecule has 4 heteroatoms. The highest BCUT2D eigenvalue weighted by Gasteiger charge is 2.36. The Hall–Kier alpha value is -2.72. The molecule has 1 aliphatic rings. The molecule has 2 aromatic carbocycles. The van der Waals surface area contributed by atoms with Crippen LogP contribution < -0.4 is 0 Å². The van der Waals surface area contributed by atoms with Crippen LogP contribution in [0.4, 0.5) is 0 Å². The number of imide groups is 1. The third-order valence-electron chi connectivity index (χ3n) is 3.42. The summed E-state index contributed by atoms with van der Waals surface area (Å²) in [5.74, 6) is -0.811. The van der Waals surface area contributed by atoms with E-state index in [9.17, 15) is 9.59 Å². The lowest BCUT2D eigenvalue weighted by Crippen LogP contribution is -2.30. The second kappa shape index (κ2) is 6.37. The van der Waals surface area contributed by atoms with Crippen LogP contribution >= 0.6 is 0 Å². The third-order valence-corrected chi connectivity index (χ3v) is 3.42. The summed E-state index contributed by atoms with van der Waals surface area (Å²) in [4.78, 5) is 29.4. The number of benzene rings is 2. The molecule has 2 aromatic rings. The molecular weight excluding hydrogens is 278 g/mol. The standard InChI is InChI=1S/C18H15NO3/c20-17-15-11-4-5-12-16(15)18(21)19(17)22-13-7-6-10-14-8-2-1-3-9-14/h1-9,11-12H,10,13H2/b7-6+. The van der Waals surface area contributed by atoms with Crippen molar-refractivity contribution in [3.63, 3.8) is 0 Å². The van der Waals surface area contributed by atoms with Crippen LogP contribution in [0.15, 0.2) is 66.7 Å². The van der Waals surface area contributed by atoms with Gasteiger partial charge in [-0.2, -0.15) is 0 Å². The minimum atomic E-state index is -0.406. The van der Waals surface area contributed by atoms with Crippen LogP contribution in [-0.2, 0) is 11.3 Å². The maximum Gasteiger partial charge on any atom is 0.285 e. The van der Waals surface area contributed by atoms with E-state index in [2.05, 4.69) is 0 Å². The quantitative estimate of drug-likeness (QED) is 0.629. The van der Waals surface area contributed by atoms with Gasteiger partial charge in [0.25, 0.3) is 11.8 Å². The molecule has 0 unspecified atom stereocenters. The van der Waals surface area contributed by atoms with Gasteiger partial charge in [-0.25, -0.2) is 0 Å². The van der Waals surface area contributed by atoms with E-state index in [1.165, 1.54) is 5.56 Å². The summed E-state index contributed by atoms with van der Waals surface area (Å²) in [5.41, 5.74) is 1.97. The molecule has 0 fully saturated rings. The van der Waals surface area contributed by atoms with Gasteiger partial charge < -0.3 is 0 Å². The van der Waals surface area contributed by atoms with Gasteiger partial charge in [-0.1, -0.05) is 54.6 Å². The van der Waals surface area contributed by atoms with E-state index in [1.807, 2.05) is 36.4 Å². The lowest BCUT2D eigenvalue weighted by atomic mass is 10.1. The minimum absolute atomic E-state index is 0.179. The fourth-order valence-electron chi connectivity index (χ4n) is 2.30. The number of fused-ring (bicyclic) bond motifs is 1. The molecule has 0 aromatic heterocycles. The normalized spacial score (nSPS) is 13.9. The van der Waals surface area contributed by atoms with Gasteiger partial charge in [-0.05, 0) is 24.1 Å².